The molecule has 0 aliphatic carbocycles. The van der Waals surface area contributed by atoms with E-state index in [-0.39, 0.29) is 0 Å². The summed E-state index contributed by atoms with van der Waals surface area (Å²) < 4.78 is 0. The lowest BCUT2D eigenvalue weighted by molar-refractivity contribution is 0.247. The minimum absolute atomic E-state index is 0.602. The third-order valence-corrected chi connectivity index (χ3v) is 1.09. The maximum atomic E-state index is 3.23. The molecule has 0 heterocycles. The van der Waals surface area contributed by atoms with E-state index in [0.29, 0.717) is 6.04 Å². The lowest BCUT2D eigenvalue weighted by Crippen LogP contribution is -2.37. The van der Waals surface area contributed by atoms with Crippen molar-refractivity contribution in [2.45, 2.75) is 26.3 Å². The number of nitrogens with one attached hydrogen (secondary N) is 1. The van der Waals surface area contributed by atoms with Gasteiger partial charge in [0.15, 0.2) is 0 Å². The van der Waals surface area contributed by atoms with Crippen molar-refractivity contribution in [3.05, 3.63) is 0 Å². The van der Waals surface area contributed by atoms with Gasteiger partial charge in [-0.2, -0.15) is 0 Å². The van der Waals surface area contributed by atoms with Crippen LogP contribution in [-0.4, -0.2) is 25.1 Å². The average molecular weight is 116 g/mol. The van der Waals surface area contributed by atoms with Gasteiger partial charge in [0.25, 0.3) is 0 Å². The molecule has 0 bridgehead atoms. The molecule has 2 nitrogen and oxygen atoms in total. The molecular weight excluding hydrogens is 100 g/mol. The molecule has 0 amide bonds. The Hall–Kier alpha value is -0.0800. The van der Waals surface area contributed by atoms with E-state index in [1.807, 2.05) is 19.1 Å². The average Bonchev–Trinajstić information content (AvgIpc) is 1.65. The highest BCUT2D eigenvalue weighted by atomic mass is 15.5. The second kappa shape index (κ2) is 3.87. The van der Waals surface area contributed by atoms with E-state index >= 15 is 0 Å². The van der Waals surface area contributed by atoms with Crippen molar-refractivity contribution in [3.8, 4) is 0 Å². The van der Waals surface area contributed by atoms with Crippen molar-refractivity contribution in [1.29, 1.82) is 0 Å². The molecule has 0 spiro atoms. The quantitative estimate of drug-likeness (QED) is 0.550. The summed E-state index contributed by atoms with van der Waals surface area (Å²) in [5.74, 6) is 0. The van der Waals surface area contributed by atoms with E-state index in [1.54, 1.807) is 0 Å². The molecule has 8 heavy (non-hydrogen) atoms. The van der Waals surface area contributed by atoms with Crippen molar-refractivity contribution in [3.63, 3.8) is 0 Å². The number of rotatable bonds is 3. The van der Waals surface area contributed by atoms with Crippen LogP contribution in [0.15, 0.2) is 0 Å². The molecule has 50 valence electrons. The predicted octanol–water partition coefficient (Wildman–Crippen LogP) is 0.851. The highest BCUT2D eigenvalue weighted by molar-refractivity contribution is 4.50. The second-order valence-electron chi connectivity index (χ2n) is 2.33. The summed E-state index contributed by atoms with van der Waals surface area (Å²) in [6.45, 7) is 4.33. The van der Waals surface area contributed by atoms with E-state index < -0.39 is 0 Å². The van der Waals surface area contributed by atoms with Gasteiger partial charge in [-0.3, -0.25) is 10.4 Å². The summed E-state index contributed by atoms with van der Waals surface area (Å²) in [5, 5.41) is 1.98. The molecule has 0 fully saturated rings. The molecule has 0 saturated heterocycles. The molecule has 2 heteroatoms. The Morgan fingerprint density at radius 3 is 2.12 bits per heavy atom. The van der Waals surface area contributed by atoms with Gasteiger partial charge < -0.3 is 0 Å². The van der Waals surface area contributed by atoms with Crippen LogP contribution in [0.2, 0.25) is 0 Å². The molecule has 0 aliphatic heterocycles. The molecule has 0 radical (unpaired) electrons. The first-order valence-electron chi connectivity index (χ1n) is 3.10. The Kier molecular flexibility index (Phi) is 3.83. The van der Waals surface area contributed by atoms with E-state index in [2.05, 4.69) is 19.3 Å². The number of nitrogens with zero attached hydrogens (tertiary/aromatic N) is 1. The second-order valence-corrected chi connectivity index (χ2v) is 2.33. The first-order chi connectivity index (χ1) is 3.66. The molecule has 0 aromatic carbocycles. The van der Waals surface area contributed by atoms with Gasteiger partial charge in [0.05, 0.1) is 0 Å². The lowest BCUT2D eigenvalue weighted by atomic mass is 10.3. The largest absolute Gasteiger partial charge is 0.253 e. The van der Waals surface area contributed by atoms with Crippen LogP contribution < -0.4 is 5.43 Å². The normalized spacial score (nSPS) is 14.6. The van der Waals surface area contributed by atoms with Gasteiger partial charge >= 0.3 is 0 Å². The van der Waals surface area contributed by atoms with Crippen LogP contribution in [-0.2, 0) is 0 Å². The summed E-state index contributed by atoms with van der Waals surface area (Å²) in [5.41, 5.74) is 3.23. The zero-order valence-corrected chi connectivity index (χ0v) is 6.23. The van der Waals surface area contributed by atoms with Crippen LogP contribution >= 0.6 is 0 Å². The third-order valence-electron chi connectivity index (χ3n) is 1.09. The highest BCUT2D eigenvalue weighted by Gasteiger charge is 1.95. The third kappa shape index (κ3) is 4.09. The topological polar surface area (TPSA) is 15.3 Å². The van der Waals surface area contributed by atoms with Gasteiger partial charge in [0.1, 0.15) is 0 Å². The minimum Gasteiger partial charge on any atom is -0.253 e. The SMILES string of the molecule is CC[C@@H](C)NN(C)C. The standard InChI is InChI=1S/C6H16N2/c1-5-6(2)7-8(3)4/h6-7H,5H2,1-4H3/t6-/m1/s1. The monoisotopic (exact) mass is 116 g/mol. The van der Waals surface area contributed by atoms with Crippen molar-refractivity contribution in [1.82, 2.24) is 10.4 Å². The summed E-state index contributed by atoms with van der Waals surface area (Å²) >= 11 is 0. The molecule has 0 aromatic heterocycles. The van der Waals surface area contributed by atoms with Crippen LogP contribution in [0.4, 0.5) is 0 Å². The number of hydrogen-bond acceptors (Lipinski definition) is 2. The van der Waals surface area contributed by atoms with Crippen LogP contribution in [0.3, 0.4) is 0 Å². The Morgan fingerprint density at radius 1 is 1.50 bits per heavy atom. The summed E-state index contributed by atoms with van der Waals surface area (Å²) in [6, 6.07) is 0.602. The van der Waals surface area contributed by atoms with Gasteiger partial charge in [0, 0.05) is 20.1 Å². The zero-order chi connectivity index (χ0) is 6.57. The van der Waals surface area contributed by atoms with E-state index in [4.69, 9.17) is 0 Å². The smallest absolute Gasteiger partial charge is 0.0184 e. The van der Waals surface area contributed by atoms with Crippen LogP contribution in [0.25, 0.3) is 0 Å². The van der Waals surface area contributed by atoms with Crippen molar-refractivity contribution in [2.24, 2.45) is 0 Å². The Balaban J connectivity index is 3.10. The fourth-order valence-corrected chi connectivity index (χ4v) is 0.532. The Bertz CT molecular complexity index is 52.5. The van der Waals surface area contributed by atoms with Crippen molar-refractivity contribution >= 4 is 0 Å². The molecule has 0 rings (SSSR count). The van der Waals surface area contributed by atoms with Crippen molar-refractivity contribution in [2.75, 3.05) is 14.1 Å². The minimum atomic E-state index is 0.602. The predicted molar refractivity (Wildman–Crippen MR) is 36.6 cm³/mol. The van der Waals surface area contributed by atoms with Crippen LogP contribution in [0.1, 0.15) is 20.3 Å². The number of hydrogen-bond donors (Lipinski definition) is 1. The van der Waals surface area contributed by atoms with Gasteiger partial charge in [-0.15, -0.1) is 0 Å². The molecule has 0 aliphatic rings. The molecule has 1 N–H and O–H groups in total. The summed E-state index contributed by atoms with van der Waals surface area (Å²) in [7, 11) is 4.01. The Morgan fingerprint density at radius 2 is 2.00 bits per heavy atom. The highest BCUT2D eigenvalue weighted by Crippen LogP contribution is 1.86. The fourth-order valence-electron chi connectivity index (χ4n) is 0.532. The van der Waals surface area contributed by atoms with Gasteiger partial charge in [-0.25, -0.2) is 0 Å². The van der Waals surface area contributed by atoms with Crippen LogP contribution in [0, 0.1) is 0 Å². The fraction of sp³-hybridized carbons (Fsp3) is 1.00. The van der Waals surface area contributed by atoms with E-state index in [0.717, 1.165) is 0 Å². The van der Waals surface area contributed by atoms with Gasteiger partial charge in [-0.05, 0) is 13.3 Å². The first-order valence-corrected chi connectivity index (χ1v) is 3.10. The molecule has 1 atom stereocenters. The zero-order valence-electron chi connectivity index (χ0n) is 6.23. The molecule has 0 unspecified atom stereocenters. The lowest BCUT2D eigenvalue weighted by Gasteiger charge is -2.16. The molecule has 0 saturated carbocycles. The van der Waals surface area contributed by atoms with Crippen LogP contribution in [0.5, 0.6) is 0 Å². The van der Waals surface area contributed by atoms with Crippen molar-refractivity contribution < 1.29 is 0 Å². The maximum Gasteiger partial charge on any atom is 0.0184 e. The maximum absolute atomic E-state index is 3.23. The summed E-state index contributed by atoms with van der Waals surface area (Å²) in [4.78, 5) is 0. The molecular formula is C6H16N2. The molecule has 0 aromatic rings. The van der Waals surface area contributed by atoms with E-state index in [9.17, 15) is 0 Å². The first kappa shape index (κ1) is 7.92. The van der Waals surface area contributed by atoms with E-state index in [1.165, 1.54) is 6.42 Å². The summed E-state index contributed by atoms with van der Waals surface area (Å²) in [6.07, 6.45) is 1.18. The van der Waals surface area contributed by atoms with Gasteiger partial charge in [0.2, 0.25) is 0 Å². The van der Waals surface area contributed by atoms with Gasteiger partial charge in [-0.1, -0.05) is 6.92 Å². The Labute approximate surface area is 51.8 Å². The number of hydrazine groups is 1.